The number of nitrogens with one attached hydrogen (secondary N) is 1. The molecule has 1 saturated carbocycles. The largest absolute Gasteiger partial charge is 0.342 e. The predicted molar refractivity (Wildman–Crippen MR) is 102 cm³/mol. The van der Waals surface area contributed by atoms with E-state index in [9.17, 15) is 14.0 Å². The third-order valence-electron chi connectivity index (χ3n) is 5.34. The molecule has 1 aliphatic carbocycles. The molecule has 4 nitrogen and oxygen atoms in total. The molecule has 140 valence electrons. The third-order valence-corrected chi connectivity index (χ3v) is 5.34. The summed E-state index contributed by atoms with van der Waals surface area (Å²) >= 11 is 0. The van der Waals surface area contributed by atoms with Gasteiger partial charge in [-0.1, -0.05) is 24.3 Å². The van der Waals surface area contributed by atoms with Crippen LogP contribution in [0, 0.1) is 17.7 Å². The molecular weight excluding hydrogens is 343 g/mol. The SMILES string of the molecule is O=C(Nc1ccc(-c2cccc(F)c2)cc1)[C@H]1CCCN(C(=O)C2CC2)C1. The number of hydrogen-bond donors (Lipinski definition) is 1. The van der Waals surface area contributed by atoms with Crippen LogP contribution in [0.2, 0.25) is 0 Å². The number of carbonyl (C=O) groups excluding carboxylic acids is 2. The van der Waals surface area contributed by atoms with Gasteiger partial charge in [0.2, 0.25) is 11.8 Å². The van der Waals surface area contributed by atoms with E-state index in [1.54, 1.807) is 6.07 Å². The zero-order valence-corrected chi connectivity index (χ0v) is 15.2. The predicted octanol–water partition coefficient (Wildman–Crippen LogP) is 4.08. The molecule has 2 aliphatic rings. The summed E-state index contributed by atoms with van der Waals surface area (Å²) in [7, 11) is 0. The molecule has 4 rings (SSSR count). The zero-order chi connectivity index (χ0) is 18.8. The Bertz CT molecular complexity index is 846. The first kappa shape index (κ1) is 17.7. The Hall–Kier alpha value is -2.69. The normalized spacial score (nSPS) is 19.6. The number of hydrogen-bond acceptors (Lipinski definition) is 2. The molecule has 1 N–H and O–H groups in total. The van der Waals surface area contributed by atoms with Crippen LogP contribution in [0.25, 0.3) is 11.1 Å². The van der Waals surface area contributed by atoms with Crippen LogP contribution < -0.4 is 5.32 Å². The minimum Gasteiger partial charge on any atom is -0.342 e. The summed E-state index contributed by atoms with van der Waals surface area (Å²) in [5.41, 5.74) is 2.41. The van der Waals surface area contributed by atoms with Crippen molar-refractivity contribution in [1.82, 2.24) is 4.90 Å². The minimum absolute atomic E-state index is 0.0400. The van der Waals surface area contributed by atoms with Crippen molar-refractivity contribution in [3.05, 3.63) is 54.3 Å². The molecule has 2 amide bonds. The molecule has 0 radical (unpaired) electrons. The van der Waals surface area contributed by atoms with Gasteiger partial charge in [0, 0.05) is 24.7 Å². The van der Waals surface area contributed by atoms with Crippen molar-refractivity contribution in [2.24, 2.45) is 11.8 Å². The Kier molecular flexibility index (Phi) is 4.92. The maximum absolute atomic E-state index is 13.4. The number of amides is 2. The fraction of sp³-hybridized carbons (Fsp3) is 0.364. The summed E-state index contributed by atoms with van der Waals surface area (Å²) in [4.78, 5) is 26.7. The number of benzene rings is 2. The monoisotopic (exact) mass is 366 g/mol. The van der Waals surface area contributed by atoms with Crippen LogP contribution in [0.1, 0.15) is 25.7 Å². The van der Waals surface area contributed by atoms with Crippen LogP contribution in [-0.4, -0.2) is 29.8 Å². The second kappa shape index (κ2) is 7.51. The van der Waals surface area contributed by atoms with Crippen LogP contribution in [0.4, 0.5) is 10.1 Å². The molecule has 2 fully saturated rings. The van der Waals surface area contributed by atoms with Crippen molar-refractivity contribution in [2.75, 3.05) is 18.4 Å². The van der Waals surface area contributed by atoms with E-state index in [4.69, 9.17) is 0 Å². The van der Waals surface area contributed by atoms with E-state index in [2.05, 4.69) is 5.32 Å². The number of rotatable bonds is 4. The molecule has 1 saturated heterocycles. The highest BCUT2D eigenvalue weighted by atomic mass is 19.1. The molecule has 1 atom stereocenters. The lowest BCUT2D eigenvalue weighted by molar-refractivity contribution is -0.135. The number of piperidine rings is 1. The Labute approximate surface area is 158 Å². The van der Waals surface area contributed by atoms with Crippen LogP contribution >= 0.6 is 0 Å². The van der Waals surface area contributed by atoms with Gasteiger partial charge in [0.25, 0.3) is 0 Å². The van der Waals surface area contributed by atoms with E-state index in [-0.39, 0.29) is 29.5 Å². The second-order valence-corrected chi connectivity index (χ2v) is 7.47. The van der Waals surface area contributed by atoms with Gasteiger partial charge in [-0.05, 0) is 61.1 Å². The smallest absolute Gasteiger partial charge is 0.229 e. The average molecular weight is 366 g/mol. The first-order valence-electron chi connectivity index (χ1n) is 9.56. The van der Waals surface area contributed by atoms with Crippen LogP contribution in [0.5, 0.6) is 0 Å². The molecule has 1 aliphatic heterocycles. The van der Waals surface area contributed by atoms with Gasteiger partial charge in [0.1, 0.15) is 5.82 Å². The highest BCUT2D eigenvalue weighted by Gasteiger charge is 2.36. The van der Waals surface area contributed by atoms with Gasteiger partial charge in [-0.15, -0.1) is 0 Å². The van der Waals surface area contributed by atoms with Crippen molar-refractivity contribution < 1.29 is 14.0 Å². The van der Waals surface area contributed by atoms with E-state index >= 15 is 0 Å². The maximum Gasteiger partial charge on any atom is 0.229 e. The average Bonchev–Trinajstić information content (AvgIpc) is 3.53. The quantitative estimate of drug-likeness (QED) is 0.886. The number of halogens is 1. The Morgan fingerprint density at radius 1 is 0.963 bits per heavy atom. The lowest BCUT2D eigenvalue weighted by Crippen LogP contribution is -2.44. The van der Waals surface area contributed by atoms with Gasteiger partial charge in [-0.2, -0.15) is 0 Å². The van der Waals surface area contributed by atoms with Crippen LogP contribution in [0.3, 0.4) is 0 Å². The van der Waals surface area contributed by atoms with E-state index in [0.717, 1.165) is 43.4 Å². The Balaban J connectivity index is 1.38. The lowest BCUT2D eigenvalue weighted by atomic mass is 9.96. The van der Waals surface area contributed by atoms with E-state index in [0.29, 0.717) is 12.2 Å². The van der Waals surface area contributed by atoms with E-state index in [1.165, 1.54) is 12.1 Å². The Morgan fingerprint density at radius 2 is 1.74 bits per heavy atom. The molecule has 5 heteroatoms. The molecule has 0 bridgehead atoms. The van der Waals surface area contributed by atoms with Crippen molar-refractivity contribution in [1.29, 1.82) is 0 Å². The molecule has 1 heterocycles. The van der Waals surface area contributed by atoms with Gasteiger partial charge in [0.05, 0.1) is 5.92 Å². The fourth-order valence-corrected chi connectivity index (χ4v) is 3.64. The van der Waals surface area contributed by atoms with Crippen LogP contribution in [0.15, 0.2) is 48.5 Å². The number of likely N-dealkylation sites (tertiary alicyclic amines) is 1. The summed E-state index contributed by atoms with van der Waals surface area (Å²) in [6, 6.07) is 13.8. The highest BCUT2D eigenvalue weighted by molar-refractivity contribution is 5.93. The topological polar surface area (TPSA) is 49.4 Å². The molecular formula is C22H23FN2O2. The summed E-state index contributed by atoms with van der Waals surface area (Å²) in [5, 5.41) is 2.96. The summed E-state index contributed by atoms with van der Waals surface area (Å²) in [6.07, 6.45) is 3.66. The van der Waals surface area contributed by atoms with E-state index in [1.807, 2.05) is 35.2 Å². The van der Waals surface area contributed by atoms with Gasteiger partial charge in [0.15, 0.2) is 0 Å². The number of nitrogens with zero attached hydrogens (tertiary/aromatic N) is 1. The first-order valence-corrected chi connectivity index (χ1v) is 9.56. The molecule has 0 aromatic heterocycles. The zero-order valence-electron chi connectivity index (χ0n) is 15.2. The van der Waals surface area contributed by atoms with Crippen molar-refractivity contribution in [2.45, 2.75) is 25.7 Å². The second-order valence-electron chi connectivity index (χ2n) is 7.47. The summed E-state index contributed by atoms with van der Waals surface area (Å²) < 4.78 is 13.4. The third kappa shape index (κ3) is 4.18. The molecule has 27 heavy (non-hydrogen) atoms. The lowest BCUT2D eigenvalue weighted by Gasteiger charge is -2.32. The van der Waals surface area contributed by atoms with E-state index < -0.39 is 0 Å². The molecule has 0 spiro atoms. The van der Waals surface area contributed by atoms with Gasteiger partial charge in [-0.25, -0.2) is 4.39 Å². The molecule has 2 aromatic carbocycles. The van der Waals surface area contributed by atoms with Crippen LogP contribution in [-0.2, 0) is 9.59 Å². The minimum atomic E-state index is -0.271. The highest BCUT2D eigenvalue weighted by Crippen LogP contribution is 2.32. The van der Waals surface area contributed by atoms with Crippen molar-refractivity contribution >= 4 is 17.5 Å². The first-order chi connectivity index (χ1) is 13.1. The standard InChI is InChI=1S/C22H23FN2O2/c23-19-5-1-3-17(13-19)15-8-10-20(11-9-15)24-21(26)18-4-2-12-25(14-18)22(27)16-6-7-16/h1,3,5,8-11,13,16,18H,2,4,6-7,12,14H2,(H,24,26)/t18-/m0/s1. The van der Waals surface area contributed by atoms with Gasteiger partial charge < -0.3 is 10.2 Å². The number of anilines is 1. The Morgan fingerprint density at radius 3 is 2.44 bits per heavy atom. The number of carbonyl (C=O) groups is 2. The molecule has 2 aromatic rings. The maximum atomic E-state index is 13.4. The van der Waals surface area contributed by atoms with Crippen molar-refractivity contribution in [3.8, 4) is 11.1 Å². The summed E-state index contributed by atoms with van der Waals surface area (Å²) in [5.74, 6) is -0.0623. The van der Waals surface area contributed by atoms with Gasteiger partial charge >= 0.3 is 0 Å². The molecule has 0 unspecified atom stereocenters. The van der Waals surface area contributed by atoms with Gasteiger partial charge in [-0.3, -0.25) is 9.59 Å². The summed E-state index contributed by atoms with van der Waals surface area (Å²) in [6.45, 7) is 1.28. The van der Waals surface area contributed by atoms with Crippen molar-refractivity contribution in [3.63, 3.8) is 0 Å². The fourth-order valence-electron chi connectivity index (χ4n) is 3.64.